The Kier molecular flexibility index (Phi) is 3.64. The zero-order valence-corrected chi connectivity index (χ0v) is 13.4. The Labute approximate surface area is 122 Å². The summed E-state index contributed by atoms with van der Waals surface area (Å²) < 4.78 is 22.3. The molecule has 2 aliphatic heterocycles. The largest absolute Gasteiger partial charge is 0.466 e. The zero-order valence-electron chi connectivity index (χ0n) is 11.7. The normalized spacial score (nSPS) is 35.6. The van der Waals surface area contributed by atoms with Gasteiger partial charge < -0.3 is 14.0 Å². The summed E-state index contributed by atoms with van der Waals surface area (Å²) in [4.78, 5) is 24.1. The smallest absolute Gasteiger partial charge is 0.335 e. The van der Waals surface area contributed by atoms with Gasteiger partial charge in [0.25, 0.3) is 0 Å². The minimum atomic E-state index is -2.69. The molecule has 110 valence electrons. The van der Waals surface area contributed by atoms with E-state index in [1.165, 1.54) is 14.2 Å². The van der Waals surface area contributed by atoms with Crippen LogP contribution in [0.25, 0.3) is 0 Å². The van der Waals surface area contributed by atoms with Crippen molar-refractivity contribution in [1.82, 2.24) is 0 Å². The van der Waals surface area contributed by atoms with Crippen LogP contribution in [0.5, 0.6) is 0 Å². The first-order chi connectivity index (χ1) is 9.19. The van der Waals surface area contributed by atoms with Gasteiger partial charge in [0.05, 0.1) is 38.2 Å². The van der Waals surface area contributed by atoms with Crippen molar-refractivity contribution in [2.45, 2.75) is 12.6 Å². The fraction of sp³-hybridized carbons (Fsp3) is 0.538. The van der Waals surface area contributed by atoms with Gasteiger partial charge in [-0.2, -0.15) is 0 Å². The predicted octanol–water partition coefficient (Wildman–Crippen LogP) is 2.15. The molecule has 0 aromatic rings. The van der Waals surface area contributed by atoms with Crippen molar-refractivity contribution in [2.75, 3.05) is 27.0 Å². The summed E-state index contributed by atoms with van der Waals surface area (Å²) in [5.41, 5.74) is -1.36. The fourth-order valence-corrected chi connectivity index (χ4v) is 6.55. The van der Waals surface area contributed by atoms with E-state index in [4.69, 9.17) is 21.1 Å². The molecule has 0 aromatic heterocycles. The molecule has 0 amide bonds. The van der Waals surface area contributed by atoms with Gasteiger partial charge in [0.15, 0.2) is 0 Å². The van der Waals surface area contributed by atoms with Gasteiger partial charge in [-0.1, -0.05) is 17.7 Å². The molecule has 2 bridgehead atoms. The minimum Gasteiger partial charge on any atom is -0.466 e. The second-order valence-corrected chi connectivity index (χ2v) is 9.02. The fourth-order valence-electron chi connectivity index (χ4n) is 3.05. The summed E-state index contributed by atoms with van der Waals surface area (Å²) in [6.45, 7) is 3.32. The van der Waals surface area contributed by atoms with Crippen molar-refractivity contribution in [2.24, 2.45) is 5.41 Å². The number of hydrogen-bond donors (Lipinski definition) is 0. The molecule has 3 rings (SSSR count). The van der Waals surface area contributed by atoms with E-state index in [9.17, 15) is 14.2 Å². The molecule has 0 radical (unpaired) electrons. The van der Waals surface area contributed by atoms with Crippen LogP contribution in [0.4, 0.5) is 0 Å². The number of carbonyl (C=O) groups excluding carboxylic acids is 2. The lowest BCUT2D eigenvalue weighted by molar-refractivity contribution is -0.140. The standard InChI is InChI=1S/C13H16ClO5P/c1-13-6-20(4,17)7(5-8(13)14)9(11(15)18-2)10(13)12(16)19-3/h5,7H,6H2,1-4H3. The average Bonchev–Trinajstić information content (AvgIpc) is 2.37. The van der Waals surface area contributed by atoms with Gasteiger partial charge in [-0.15, -0.1) is 0 Å². The third-order valence-corrected chi connectivity index (χ3v) is 7.35. The number of hydrogen-bond acceptors (Lipinski definition) is 5. The monoisotopic (exact) mass is 318 g/mol. The first kappa shape index (κ1) is 15.3. The molecule has 3 unspecified atom stereocenters. The maximum absolute atomic E-state index is 12.8. The molecule has 0 N–H and O–H groups in total. The first-order valence-corrected chi connectivity index (χ1v) is 8.83. The van der Waals surface area contributed by atoms with Gasteiger partial charge in [0, 0.05) is 16.6 Å². The van der Waals surface area contributed by atoms with Crippen molar-refractivity contribution in [3.05, 3.63) is 22.3 Å². The number of esters is 2. The van der Waals surface area contributed by atoms with Crippen LogP contribution in [0.2, 0.25) is 0 Å². The number of allylic oxidation sites excluding steroid dienone is 2. The lowest BCUT2D eigenvalue weighted by Crippen LogP contribution is -2.44. The molecule has 2 heterocycles. The maximum atomic E-state index is 12.8. The van der Waals surface area contributed by atoms with E-state index < -0.39 is 30.2 Å². The number of rotatable bonds is 2. The van der Waals surface area contributed by atoms with Crippen LogP contribution < -0.4 is 0 Å². The maximum Gasteiger partial charge on any atom is 0.335 e. The van der Waals surface area contributed by atoms with E-state index in [1.54, 1.807) is 19.7 Å². The highest BCUT2D eigenvalue weighted by Crippen LogP contribution is 2.67. The van der Waals surface area contributed by atoms with Crippen LogP contribution in [0, 0.1) is 5.41 Å². The molecular weight excluding hydrogens is 303 g/mol. The molecule has 5 nitrogen and oxygen atoms in total. The Bertz CT molecular complexity index is 606. The first-order valence-electron chi connectivity index (χ1n) is 6.04. The molecule has 0 saturated carbocycles. The molecule has 3 aliphatic rings. The van der Waals surface area contributed by atoms with Gasteiger partial charge >= 0.3 is 11.9 Å². The lowest BCUT2D eigenvalue weighted by atomic mass is 9.75. The molecule has 0 fully saturated rings. The van der Waals surface area contributed by atoms with Crippen LogP contribution in [-0.4, -0.2) is 44.6 Å². The van der Waals surface area contributed by atoms with E-state index in [-0.39, 0.29) is 17.3 Å². The van der Waals surface area contributed by atoms with E-state index in [1.807, 2.05) is 0 Å². The number of halogens is 1. The van der Waals surface area contributed by atoms with E-state index in [0.29, 0.717) is 5.03 Å². The summed E-state index contributed by atoms with van der Waals surface area (Å²) in [7, 11) is -0.230. The summed E-state index contributed by atoms with van der Waals surface area (Å²) in [6.07, 6.45) is 1.84. The van der Waals surface area contributed by atoms with Gasteiger partial charge in [0.1, 0.15) is 0 Å². The van der Waals surface area contributed by atoms with Crippen LogP contribution in [0.1, 0.15) is 6.92 Å². The topological polar surface area (TPSA) is 69.7 Å². The van der Waals surface area contributed by atoms with Gasteiger partial charge in [-0.3, -0.25) is 0 Å². The Morgan fingerprint density at radius 2 is 1.90 bits per heavy atom. The Morgan fingerprint density at radius 1 is 1.35 bits per heavy atom. The molecule has 0 aromatic carbocycles. The molecule has 0 spiro atoms. The third kappa shape index (κ3) is 1.95. The van der Waals surface area contributed by atoms with E-state index in [2.05, 4.69) is 0 Å². The quantitative estimate of drug-likeness (QED) is 0.576. The molecular formula is C13H16ClO5P. The van der Waals surface area contributed by atoms with Crippen LogP contribution in [-0.2, 0) is 23.6 Å². The van der Waals surface area contributed by atoms with Crippen LogP contribution >= 0.6 is 18.7 Å². The number of fused-ring (bicyclic) bond motifs is 1. The molecule has 0 saturated heterocycles. The number of ether oxygens (including phenoxy) is 2. The van der Waals surface area contributed by atoms with Gasteiger partial charge in [0.2, 0.25) is 0 Å². The number of methoxy groups -OCH3 is 2. The summed E-state index contributed by atoms with van der Waals surface area (Å²) >= 11 is 6.24. The highest BCUT2D eigenvalue weighted by Gasteiger charge is 2.57. The van der Waals surface area contributed by atoms with E-state index >= 15 is 0 Å². The SMILES string of the molecule is COC(=O)C1=C(C(=O)OC)C2(C)CP(C)(=O)C1C=C2Cl. The van der Waals surface area contributed by atoms with Crippen LogP contribution in [0.15, 0.2) is 22.3 Å². The van der Waals surface area contributed by atoms with Crippen LogP contribution in [0.3, 0.4) is 0 Å². The number of carbonyl (C=O) groups is 2. The lowest BCUT2D eigenvalue weighted by Gasteiger charge is -2.46. The van der Waals surface area contributed by atoms with Gasteiger partial charge in [-0.05, 0) is 13.6 Å². The van der Waals surface area contributed by atoms with Crippen molar-refractivity contribution < 1.29 is 23.6 Å². The van der Waals surface area contributed by atoms with Crippen molar-refractivity contribution >= 4 is 30.7 Å². The Hall–Kier alpha value is -1.06. The summed E-state index contributed by atoms with van der Waals surface area (Å²) in [5, 5.41) is 0.420. The Morgan fingerprint density at radius 3 is 2.40 bits per heavy atom. The molecule has 3 atom stereocenters. The van der Waals surface area contributed by atoms with Crippen molar-refractivity contribution in [3.8, 4) is 0 Å². The van der Waals surface area contributed by atoms with Crippen molar-refractivity contribution in [3.63, 3.8) is 0 Å². The predicted molar refractivity (Wildman–Crippen MR) is 75.3 cm³/mol. The average molecular weight is 319 g/mol. The summed E-state index contributed by atoms with van der Waals surface area (Å²) in [6, 6.07) is 0. The second kappa shape index (κ2) is 4.74. The third-order valence-electron chi connectivity index (χ3n) is 3.96. The second-order valence-electron chi connectivity index (χ2n) is 5.40. The summed E-state index contributed by atoms with van der Waals surface area (Å²) in [5.74, 6) is -1.30. The Balaban J connectivity index is 2.77. The molecule has 7 heteroatoms. The molecule has 20 heavy (non-hydrogen) atoms. The zero-order chi connectivity index (χ0) is 15.3. The highest BCUT2D eigenvalue weighted by molar-refractivity contribution is 7.64. The minimum absolute atomic E-state index is 0.114. The highest BCUT2D eigenvalue weighted by atomic mass is 35.5. The van der Waals surface area contributed by atoms with Crippen molar-refractivity contribution in [1.29, 1.82) is 0 Å². The molecule has 1 aliphatic carbocycles. The van der Waals surface area contributed by atoms with Gasteiger partial charge in [-0.25, -0.2) is 9.59 Å². The van der Waals surface area contributed by atoms with E-state index in [0.717, 1.165) is 0 Å².